The third-order valence-electron chi connectivity index (χ3n) is 0.774. The van der Waals surface area contributed by atoms with Crippen molar-refractivity contribution in [2.45, 2.75) is 12.4 Å². The van der Waals surface area contributed by atoms with Crippen LogP contribution in [0, 0.1) is 0 Å². The fraction of sp³-hybridized carbons (Fsp3) is 0.857. The van der Waals surface area contributed by atoms with Gasteiger partial charge in [-0.1, -0.05) is 0 Å². The van der Waals surface area contributed by atoms with E-state index in [0.29, 0.717) is 11.8 Å². The van der Waals surface area contributed by atoms with Gasteiger partial charge < -0.3 is 5.11 Å². The van der Waals surface area contributed by atoms with Crippen LogP contribution < -0.4 is 5.42 Å². The number of thioether (sulfide) groups is 1. The van der Waals surface area contributed by atoms with Gasteiger partial charge in [0.2, 0.25) is 0 Å². The quantitative estimate of drug-likeness (QED) is 0.600. The molecule has 72 valence electrons. The van der Waals surface area contributed by atoms with Crippen molar-refractivity contribution >= 4 is 17.7 Å². The van der Waals surface area contributed by atoms with Crippen molar-refractivity contribution in [3.63, 3.8) is 0 Å². The smallest absolute Gasteiger partial charge is 0.322 e. The van der Waals surface area contributed by atoms with Crippen LogP contribution in [0.15, 0.2) is 0 Å². The fourth-order valence-electron chi connectivity index (χ4n) is 0.421. The molecule has 1 atom stereocenters. The summed E-state index contributed by atoms with van der Waals surface area (Å²) in [5.41, 5.74) is -2.54. The molecular formula is C7H16N2O2S. The van der Waals surface area contributed by atoms with E-state index in [2.05, 4.69) is 0 Å². The molecule has 0 fully saturated rings. The van der Waals surface area contributed by atoms with Gasteiger partial charge in [-0.15, -0.1) is 0 Å². The second kappa shape index (κ2) is 6.28. The Kier molecular flexibility index (Phi) is 2.53. The monoisotopic (exact) mass is 198 g/mol. The van der Waals surface area contributed by atoms with Gasteiger partial charge >= 0.3 is 5.97 Å². The summed E-state index contributed by atoms with van der Waals surface area (Å²) in [6.07, 6.45) is -1.85. The van der Waals surface area contributed by atoms with Gasteiger partial charge in [-0.25, -0.2) is 10.4 Å². The van der Waals surface area contributed by atoms with Gasteiger partial charge in [-0.2, -0.15) is 11.8 Å². The first-order valence-electron chi connectivity index (χ1n) is 6.06. The van der Waals surface area contributed by atoms with Crippen molar-refractivity contribution in [2.75, 3.05) is 26.1 Å². The van der Waals surface area contributed by atoms with Crippen molar-refractivity contribution in [2.24, 2.45) is 0 Å². The molecule has 0 aliphatic carbocycles. The fourth-order valence-corrected chi connectivity index (χ4v) is 0.619. The van der Waals surface area contributed by atoms with Crippen molar-refractivity contribution in [3.05, 3.63) is 0 Å². The number of aliphatic carboxylic acids is 1. The van der Waals surface area contributed by atoms with Crippen molar-refractivity contribution < 1.29 is 18.2 Å². The Hall–Kier alpha value is -0.260. The van der Waals surface area contributed by atoms with Crippen molar-refractivity contribution in [1.82, 2.24) is 10.4 Å². The zero-order chi connectivity index (χ0) is 14.9. The molecule has 0 radical (unpaired) electrons. The predicted octanol–water partition coefficient (Wildman–Crippen LogP) is 0.259. The zero-order valence-electron chi connectivity index (χ0n) is 13.2. The van der Waals surface area contributed by atoms with Crippen LogP contribution in [0.3, 0.4) is 0 Å². The van der Waals surface area contributed by atoms with Crippen molar-refractivity contribution in [3.8, 4) is 0 Å². The third kappa shape index (κ3) is 5.40. The van der Waals surface area contributed by atoms with E-state index in [4.69, 9.17) is 13.4 Å². The lowest BCUT2D eigenvalue weighted by Gasteiger charge is -2.18. The first-order valence-corrected chi connectivity index (χ1v) is 4.33. The van der Waals surface area contributed by atoms with Crippen LogP contribution in [-0.2, 0) is 4.79 Å². The highest BCUT2D eigenvalue weighted by molar-refractivity contribution is 7.98. The molecule has 0 bridgehead atoms. The number of hydrogen-bond donors (Lipinski definition) is 2. The lowest BCUT2D eigenvalue weighted by Crippen LogP contribution is -2.44. The highest BCUT2D eigenvalue weighted by atomic mass is 32.2. The zero-order valence-corrected chi connectivity index (χ0v) is 7.97. The largest absolute Gasteiger partial charge is 0.480 e. The van der Waals surface area contributed by atoms with Gasteiger partial charge in [0.25, 0.3) is 0 Å². The molecule has 0 rings (SSSR count). The Labute approximate surface area is 85.8 Å². The number of hydrazine groups is 1. The van der Waals surface area contributed by atoms with Crippen LogP contribution in [0.2, 0.25) is 1.41 Å². The molecular weight excluding hydrogens is 176 g/mol. The molecule has 2 N–H and O–H groups in total. The molecule has 0 aliphatic heterocycles. The molecule has 0 heterocycles. The number of nitrogens with zero attached hydrogens (tertiary/aromatic N) is 1. The van der Waals surface area contributed by atoms with E-state index in [1.54, 1.807) is 0 Å². The Morgan fingerprint density at radius 2 is 2.58 bits per heavy atom. The number of nitrogens with one attached hydrogen (secondary N) is 1. The molecule has 0 aromatic carbocycles. The van der Waals surface area contributed by atoms with E-state index in [0.717, 1.165) is 5.01 Å². The van der Waals surface area contributed by atoms with Gasteiger partial charge in [0.15, 0.2) is 0 Å². The summed E-state index contributed by atoms with van der Waals surface area (Å²) in [7, 11) is 2.54. The number of rotatable bonds is 6. The molecule has 12 heavy (non-hydrogen) atoms. The normalized spacial score (nSPS) is 26.1. The van der Waals surface area contributed by atoms with Gasteiger partial charge in [0, 0.05) is 19.6 Å². The second-order valence-electron chi connectivity index (χ2n) is 2.03. The first kappa shape index (κ1) is 4.83. The van der Waals surface area contributed by atoms with E-state index < -0.39 is 24.1 Å². The van der Waals surface area contributed by atoms with E-state index in [1.807, 2.05) is 0 Å². The van der Waals surface area contributed by atoms with Crippen molar-refractivity contribution in [1.29, 1.82) is 0 Å². The predicted molar refractivity (Wildman–Crippen MR) is 51.2 cm³/mol. The van der Waals surface area contributed by atoms with E-state index in [1.165, 1.54) is 20.4 Å². The maximum Gasteiger partial charge on any atom is 0.322 e. The summed E-state index contributed by atoms with van der Waals surface area (Å²) >= 11 is 0.454. The Morgan fingerprint density at radius 1 is 2.00 bits per heavy atom. The SMILES string of the molecule is [2H]N(N(C)C)[C@]([2H])(C(=O)O)C([2H])([2H])C([2H])([2H])SC. The summed E-state index contributed by atoms with van der Waals surface area (Å²) in [4.78, 5) is 11.2. The van der Waals surface area contributed by atoms with Crippen LogP contribution in [0.4, 0.5) is 0 Å². The summed E-state index contributed by atoms with van der Waals surface area (Å²) in [5, 5.41) is 9.95. The molecule has 0 unspecified atom stereocenters. The van der Waals surface area contributed by atoms with Gasteiger partial charge in [0.05, 0.1) is 1.37 Å². The Balaban J connectivity index is 5.84. The molecule has 0 aromatic rings. The number of hydrogen-bond acceptors (Lipinski definition) is 4. The molecule has 4 nitrogen and oxygen atoms in total. The van der Waals surface area contributed by atoms with Gasteiger partial charge in [-0.05, 0) is 18.3 Å². The summed E-state index contributed by atoms with van der Waals surface area (Å²) < 4.78 is 45.5. The highest BCUT2D eigenvalue weighted by Crippen LogP contribution is 2.00. The minimum absolute atomic E-state index is 0.101. The molecule has 0 aliphatic rings. The van der Waals surface area contributed by atoms with Crippen LogP contribution in [0.1, 0.15) is 13.2 Å². The maximum atomic E-state index is 11.2. The van der Waals surface area contributed by atoms with E-state index in [9.17, 15) is 4.79 Å². The van der Waals surface area contributed by atoms with E-state index >= 15 is 0 Å². The lowest BCUT2D eigenvalue weighted by molar-refractivity contribution is -0.140. The Morgan fingerprint density at radius 3 is 2.92 bits per heavy atom. The maximum absolute atomic E-state index is 11.2. The molecule has 0 aromatic heterocycles. The molecule has 0 amide bonds. The van der Waals surface area contributed by atoms with Crippen LogP contribution >= 0.6 is 11.8 Å². The lowest BCUT2D eigenvalue weighted by atomic mass is 10.2. The van der Waals surface area contributed by atoms with Crippen LogP contribution in [0.5, 0.6) is 0 Å². The van der Waals surface area contributed by atoms with Crippen LogP contribution in [0.25, 0.3) is 0 Å². The number of carboxylic acids is 1. The summed E-state index contributed by atoms with van der Waals surface area (Å²) in [6.45, 7) is 0. The summed E-state index contributed by atoms with van der Waals surface area (Å²) in [6, 6.07) is -3.11. The standard InChI is InChI=1S/C7H16N2O2S/c1-9(2)8-6(7(10)11)4-5-12-3/h6,8H,4-5H2,1-3H3,(H,10,11)/t6-/m0/s1/i4D2,5D2,6D/hD. The minimum Gasteiger partial charge on any atom is -0.480 e. The first-order chi connectivity index (χ1) is 7.86. The highest BCUT2D eigenvalue weighted by Gasteiger charge is 2.16. The van der Waals surface area contributed by atoms with Gasteiger partial charge in [0.1, 0.15) is 7.43 Å². The third-order valence-corrected chi connectivity index (χ3v) is 1.08. The summed E-state index contributed by atoms with van der Waals surface area (Å²) in [5.74, 6) is -1.94. The molecule has 0 spiro atoms. The van der Waals surface area contributed by atoms with E-state index in [-0.39, 0.29) is 5.42 Å². The number of carboxylic acid groups (broad SMARTS) is 1. The average molecular weight is 198 g/mol. The molecule has 0 saturated heterocycles. The Bertz CT molecular complexity index is 329. The number of carbonyl (C=O) groups is 1. The minimum atomic E-state index is -3.11. The topological polar surface area (TPSA) is 52.6 Å². The average Bonchev–Trinajstić information content (AvgIpc) is 2.25. The molecule has 5 heteroatoms. The second-order valence-corrected chi connectivity index (χ2v) is 2.64. The van der Waals surface area contributed by atoms with Gasteiger partial charge in [-0.3, -0.25) is 4.79 Å². The molecule has 0 saturated carbocycles. The van der Waals surface area contributed by atoms with Crippen LogP contribution in [-0.4, -0.2) is 48.2 Å².